The van der Waals surface area contributed by atoms with Gasteiger partial charge in [-0.2, -0.15) is 5.10 Å². The van der Waals surface area contributed by atoms with Crippen LogP contribution in [0.5, 0.6) is 0 Å². The third-order valence-corrected chi connectivity index (χ3v) is 4.19. The van der Waals surface area contributed by atoms with Crippen molar-refractivity contribution in [2.45, 2.75) is 26.4 Å². The molecule has 0 radical (unpaired) electrons. The molecular weight excluding hydrogens is 284 g/mol. The number of nitrogens with zero attached hydrogens (tertiary/aromatic N) is 3. The fraction of sp³-hybridized carbons (Fsp3) is 0.438. The molecule has 2 heterocycles. The minimum Gasteiger partial charge on any atom is -0.312 e. The van der Waals surface area contributed by atoms with Crippen LogP contribution in [-0.2, 0) is 6.54 Å². The van der Waals surface area contributed by atoms with E-state index in [-0.39, 0.29) is 0 Å². The van der Waals surface area contributed by atoms with Crippen molar-refractivity contribution in [3.05, 3.63) is 46.7 Å². The fourth-order valence-corrected chi connectivity index (χ4v) is 2.90. The summed E-state index contributed by atoms with van der Waals surface area (Å²) in [7, 11) is 0. The maximum atomic E-state index is 5.94. The first-order valence-corrected chi connectivity index (χ1v) is 7.76. The second kappa shape index (κ2) is 6.18. The maximum Gasteiger partial charge on any atom is 0.0646 e. The lowest BCUT2D eigenvalue weighted by molar-refractivity contribution is 0.199. The van der Waals surface area contributed by atoms with E-state index < -0.39 is 0 Å². The van der Waals surface area contributed by atoms with Crippen LogP contribution in [0.2, 0.25) is 5.02 Å². The summed E-state index contributed by atoms with van der Waals surface area (Å²) >= 11 is 5.94. The maximum absolute atomic E-state index is 5.94. The lowest BCUT2D eigenvalue weighted by atomic mass is 10.2. The molecule has 1 aromatic heterocycles. The van der Waals surface area contributed by atoms with Crippen molar-refractivity contribution >= 4 is 11.6 Å². The zero-order valence-corrected chi connectivity index (χ0v) is 13.3. The molecule has 1 fully saturated rings. The molecule has 4 nitrogen and oxygen atoms in total. The van der Waals surface area contributed by atoms with Crippen molar-refractivity contribution in [3.63, 3.8) is 0 Å². The highest BCUT2D eigenvalue weighted by atomic mass is 35.5. The highest BCUT2D eigenvalue weighted by Crippen LogP contribution is 2.17. The molecular formula is C16H21ClN4. The number of benzene rings is 1. The summed E-state index contributed by atoms with van der Waals surface area (Å²) in [5, 5.41) is 8.85. The monoisotopic (exact) mass is 304 g/mol. The third kappa shape index (κ3) is 3.46. The highest BCUT2D eigenvalue weighted by molar-refractivity contribution is 6.30. The Labute approximate surface area is 130 Å². The van der Waals surface area contributed by atoms with Crippen LogP contribution >= 0.6 is 11.6 Å². The molecule has 112 valence electrons. The molecule has 0 amide bonds. The van der Waals surface area contributed by atoms with Gasteiger partial charge in [-0.1, -0.05) is 11.6 Å². The van der Waals surface area contributed by atoms with Gasteiger partial charge >= 0.3 is 0 Å². The minimum absolute atomic E-state index is 0.561. The predicted octanol–water partition coefficient (Wildman–Crippen LogP) is 2.63. The van der Waals surface area contributed by atoms with Crippen molar-refractivity contribution in [2.24, 2.45) is 0 Å². The summed E-state index contributed by atoms with van der Waals surface area (Å²) in [6, 6.07) is 8.33. The number of rotatable bonds is 3. The van der Waals surface area contributed by atoms with Crippen LogP contribution in [-0.4, -0.2) is 40.4 Å². The Morgan fingerprint density at radius 1 is 1.33 bits per heavy atom. The lowest BCUT2D eigenvalue weighted by Crippen LogP contribution is -2.48. The van der Waals surface area contributed by atoms with Crippen LogP contribution in [0.15, 0.2) is 30.5 Å². The molecule has 21 heavy (non-hydrogen) atoms. The third-order valence-electron chi connectivity index (χ3n) is 3.94. The number of piperazine rings is 1. The Balaban J connectivity index is 1.76. The molecule has 1 unspecified atom stereocenters. The van der Waals surface area contributed by atoms with Gasteiger partial charge in [-0.05, 0) is 38.1 Å². The largest absolute Gasteiger partial charge is 0.312 e. The molecule has 3 rings (SSSR count). The SMILES string of the molecule is Cc1nn(-c2ccc(Cl)cc2)cc1CN1CCNC(C)C1. The number of hydrogen-bond acceptors (Lipinski definition) is 3. The Kier molecular flexibility index (Phi) is 4.29. The zero-order chi connectivity index (χ0) is 14.8. The van der Waals surface area contributed by atoms with Crippen LogP contribution in [0.3, 0.4) is 0 Å². The molecule has 1 aromatic carbocycles. The van der Waals surface area contributed by atoms with Crippen LogP contribution in [0, 0.1) is 6.92 Å². The van der Waals surface area contributed by atoms with E-state index in [4.69, 9.17) is 11.6 Å². The average Bonchev–Trinajstić information content (AvgIpc) is 2.81. The molecule has 0 bridgehead atoms. The predicted molar refractivity (Wildman–Crippen MR) is 86.1 cm³/mol. The molecule has 0 saturated carbocycles. The van der Waals surface area contributed by atoms with Gasteiger partial charge in [0, 0.05) is 49.0 Å². The number of aryl methyl sites for hydroxylation is 1. The summed E-state index contributed by atoms with van der Waals surface area (Å²) < 4.78 is 1.94. The summed E-state index contributed by atoms with van der Waals surface area (Å²) in [5.41, 5.74) is 3.43. The van der Waals surface area contributed by atoms with Gasteiger partial charge in [0.25, 0.3) is 0 Å². The molecule has 1 N–H and O–H groups in total. The van der Waals surface area contributed by atoms with Crippen LogP contribution in [0.4, 0.5) is 0 Å². The fourth-order valence-electron chi connectivity index (χ4n) is 2.77. The highest BCUT2D eigenvalue weighted by Gasteiger charge is 2.17. The molecule has 5 heteroatoms. The van der Waals surface area contributed by atoms with Gasteiger partial charge in [0.15, 0.2) is 0 Å². The number of hydrogen-bond donors (Lipinski definition) is 1. The molecule has 1 atom stereocenters. The van der Waals surface area contributed by atoms with Gasteiger partial charge in [0.1, 0.15) is 0 Å². The van der Waals surface area contributed by atoms with E-state index in [0.717, 1.165) is 42.6 Å². The molecule has 2 aromatic rings. The summed E-state index contributed by atoms with van der Waals surface area (Å²) in [4.78, 5) is 2.48. The average molecular weight is 305 g/mol. The minimum atomic E-state index is 0.561. The van der Waals surface area contributed by atoms with E-state index in [1.165, 1.54) is 5.56 Å². The second-order valence-corrected chi connectivity index (χ2v) is 6.19. The normalized spacial score (nSPS) is 19.9. The van der Waals surface area contributed by atoms with E-state index in [1.54, 1.807) is 0 Å². The van der Waals surface area contributed by atoms with E-state index in [9.17, 15) is 0 Å². The quantitative estimate of drug-likeness (QED) is 0.946. The van der Waals surface area contributed by atoms with Crippen LogP contribution in [0.25, 0.3) is 5.69 Å². The van der Waals surface area contributed by atoms with Crippen molar-refractivity contribution < 1.29 is 0 Å². The van der Waals surface area contributed by atoms with Crippen molar-refractivity contribution in [1.29, 1.82) is 0 Å². The number of aromatic nitrogens is 2. The Bertz CT molecular complexity index is 605. The lowest BCUT2D eigenvalue weighted by Gasteiger charge is -2.31. The van der Waals surface area contributed by atoms with Gasteiger partial charge in [0.2, 0.25) is 0 Å². The first-order chi connectivity index (χ1) is 10.1. The first kappa shape index (κ1) is 14.6. The van der Waals surface area contributed by atoms with Crippen molar-refractivity contribution in [1.82, 2.24) is 20.0 Å². The van der Waals surface area contributed by atoms with Crippen molar-refractivity contribution in [2.75, 3.05) is 19.6 Å². The molecule has 0 aliphatic carbocycles. The second-order valence-electron chi connectivity index (χ2n) is 5.75. The van der Waals surface area contributed by atoms with Gasteiger partial charge in [0.05, 0.1) is 11.4 Å². The van der Waals surface area contributed by atoms with Crippen molar-refractivity contribution in [3.8, 4) is 5.69 Å². The standard InChI is InChI=1S/C16H21ClN4/c1-12-9-20(8-7-18-12)10-14-11-21(19-13(14)2)16-5-3-15(17)4-6-16/h3-6,11-12,18H,7-10H2,1-2H3. The summed E-state index contributed by atoms with van der Waals surface area (Å²) in [5.74, 6) is 0. The number of nitrogens with one attached hydrogen (secondary N) is 1. The Hall–Kier alpha value is -1.36. The molecule has 1 saturated heterocycles. The van der Waals surface area contributed by atoms with Gasteiger partial charge in [-0.25, -0.2) is 4.68 Å². The van der Waals surface area contributed by atoms with Crippen LogP contribution < -0.4 is 5.32 Å². The van der Waals surface area contributed by atoms with Gasteiger partial charge in [-0.3, -0.25) is 4.90 Å². The van der Waals surface area contributed by atoms with Gasteiger partial charge < -0.3 is 5.32 Å². The first-order valence-electron chi connectivity index (χ1n) is 7.38. The zero-order valence-electron chi connectivity index (χ0n) is 12.5. The van der Waals surface area contributed by atoms with Crippen LogP contribution in [0.1, 0.15) is 18.2 Å². The topological polar surface area (TPSA) is 33.1 Å². The van der Waals surface area contributed by atoms with E-state index in [0.29, 0.717) is 6.04 Å². The van der Waals surface area contributed by atoms with E-state index >= 15 is 0 Å². The van der Waals surface area contributed by atoms with E-state index in [2.05, 4.69) is 35.4 Å². The molecule has 1 aliphatic rings. The smallest absolute Gasteiger partial charge is 0.0646 e. The number of halogens is 1. The van der Waals surface area contributed by atoms with Gasteiger partial charge in [-0.15, -0.1) is 0 Å². The summed E-state index contributed by atoms with van der Waals surface area (Å²) in [6.07, 6.45) is 2.13. The summed E-state index contributed by atoms with van der Waals surface area (Å²) in [6.45, 7) is 8.52. The molecule has 0 spiro atoms. The Morgan fingerprint density at radius 2 is 2.10 bits per heavy atom. The van der Waals surface area contributed by atoms with E-state index in [1.807, 2.05) is 28.9 Å². The molecule has 1 aliphatic heterocycles. The Morgan fingerprint density at radius 3 is 2.81 bits per heavy atom.